The number of piperidine rings is 1. The second kappa shape index (κ2) is 8.30. The third kappa shape index (κ3) is 3.54. The minimum atomic E-state index is -0.984. The van der Waals surface area contributed by atoms with Gasteiger partial charge in [0.15, 0.2) is 0 Å². The quantitative estimate of drug-likeness (QED) is 0.397. The largest absolute Gasteiger partial charge is 0.478 e. The number of rotatable bonds is 5. The molecule has 0 amide bonds. The highest BCUT2D eigenvalue weighted by atomic mass is 35.5. The second-order valence-corrected chi connectivity index (χ2v) is 11.8. The molecule has 1 aromatic carbocycles. The standard InChI is InChI=1S/C28H25Cl2N3O4/c29-19-2-1-3-20(30)23(19)24-22(25(37-32-24)14-4-5-14)18-12-28(26(18)34)10-16-7-8-17(11-28)33(16)21-9-6-15(13-31-21)27(35)36/h1-3,6,9,13-14,16-18H,4-5,7-8,10-12H2,(H,35,36). The van der Waals surface area contributed by atoms with Gasteiger partial charge in [-0.3, -0.25) is 4.79 Å². The summed E-state index contributed by atoms with van der Waals surface area (Å²) >= 11 is 13.1. The summed E-state index contributed by atoms with van der Waals surface area (Å²) in [7, 11) is 0. The molecule has 3 atom stereocenters. The minimum Gasteiger partial charge on any atom is -0.478 e. The van der Waals surface area contributed by atoms with Crippen molar-refractivity contribution >= 4 is 40.8 Å². The van der Waals surface area contributed by atoms with Gasteiger partial charge in [-0.25, -0.2) is 9.78 Å². The number of benzene rings is 1. The number of hydrogen-bond donors (Lipinski definition) is 1. The summed E-state index contributed by atoms with van der Waals surface area (Å²) in [6.45, 7) is 0. The summed E-state index contributed by atoms with van der Waals surface area (Å²) < 4.78 is 5.84. The van der Waals surface area contributed by atoms with E-state index in [0.29, 0.717) is 27.2 Å². The molecule has 2 aliphatic heterocycles. The van der Waals surface area contributed by atoms with Gasteiger partial charge >= 0.3 is 5.97 Å². The summed E-state index contributed by atoms with van der Waals surface area (Å²) in [5, 5.41) is 14.6. The maximum atomic E-state index is 14.0. The molecule has 2 aromatic heterocycles. The van der Waals surface area contributed by atoms with E-state index in [2.05, 4.69) is 15.0 Å². The van der Waals surface area contributed by atoms with Gasteiger partial charge in [0.2, 0.25) is 0 Å². The first-order chi connectivity index (χ1) is 17.9. The highest BCUT2D eigenvalue weighted by Crippen LogP contribution is 2.62. The van der Waals surface area contributed by atoms with Crippen molar-refractivity contribution < 1.29 is 19.2 Å². The van der Waals surface area contributed by atoms with Gasteiger partial charge in [0.05, 0.1) is 15.6 Å². The number of anilines is 1. The van der Waals surface area contributed by atoms with E-state index in [4.69, 9.17) is 27.7 Å². The Balaban J connectivity index is 1.18. The molecule has 0 radical (unpaired) electrons. The number of pyridine rings is 1. The van der Waals surface area contributed by atoms with Crippen molar-refractivity contribution in [3.8, 4) is 11.3 Å². The van der Waals surface area contributed by atoms with Gasteiger partial charge in [-0.15, -0.1) is 0 Å². The van der Waals surface area contributed by atoms with Gasteiger partial charge in [0.25, 0.3) is 0 Å². The lowest BCUT2D eigenvalue weighted by Crippen LogP contribution is -2.57. The molecule has 2 bridgehead atoms. The van der Waals surface area contributed by atoms with Crippen molar-refractivity contribution in [3.05, 3.63) is 63.5 Å². The van der Waals surface area contributed by atoms with Crippen LogP contribution in [0.15, 0.2) is 41.1 Å². The van der Waals surface area contributed by atoms with E-state index < -0.39 is 5.97 Å². The fourth-order valence-electron chi connectivity index (χ4n) is 7.00. The van der Waals surface area contributed by atoms with Gasteiger partial charge < -0.3 is 14.5 Å². The van der Waals surface area contributed by atoms with E-state index in [1.54, 1.807) is 30.3 Å². The van der Waals surface area contributed by atoms with E-state index in [0.717, 1.165) is 62.1 Å². The van der Waals surface area contributed by atoms with Crippen LogP contribution in [-0.2, 0) is 4.79 Å². The monoisotopic (exact) mass is 537 g/mol. The Hall–Kier alpha value is -2.90. The number of Topliss-reactive ketones (excluding diaryl/α,β-unsaturated/α-hetero) is 1. The zero-order valence-corrected chi connectivity index (χ0v) is 21.5. The van der Waals surface area contributed by atoms with E-state index >= 15 is 0 Å². The molecule has 2 aliphatic carbocycles. The Bertz CT molecular complexity index is 1400. The third-order valence-corrected chi connectivity index (χ3v) is 9.45. The molecular formula is C28H25Cl2N3O4. The number of carbonyl (C=O) groups excluding carboxylic acids is 1. The Kier molecular flexibility index (Phi) is 5.21. The van der Waals surface area contributed by atoms with E-state index in [1.807, 2.05) is 0 Å². The van der Waals surface area contributed by atoms with Crippen LogP contribution in [0, 0.1) is 5.41 Å². The fraction of sp³-hybridized carbons (Fsp3) is 0.429. The molecule has 3 aromatic rings. The summed E-state index contributed by atoms with van der Waals surface area (Å²) in [5.41, 5.74) is 1.95. The summed E-state index contributed by atoms with van der Waals surface area (Å²) in [6, 6.07) is 9.19. The number of carboxylic acid groups (broad SMARTS) is 1. The molecule has 190 valence electrons. The van der Waals surface area contributed by atoms with Crippen LogP contribution in [0.3, 0.4) is 0 Å². The van der Waals surface area contributed by atoms with Crippen molar-refractivity contribution in [2.45, 2.75) is 68.9 Å². The first kappa shape index (κ1) is 23.2. The zero-order valence-electron chi connectivity index (χ0n) is 20.0. The Morgan fingerprint density at radius 2 is 1.73 bits per heavy atom. The van der Waals surface area contributed by atoms with Gasteiger partial charge in [0, 0.05) is 46.7 Å². The molecule has 2 saturated heterocycles. The lowest BCUT2D eigenvalue weighted by molar-refractivity contribution is -0.144. The molecule has 37 heavy (non-hydrogen) atoms. The van der Waals surface area contributed by atoms with Crippen LogP contribution in [0.2, 0.25) is 10.0 Å². The number of hydrogen-bond acceptors (Lipinski definition) is 6. The molecule has 2 saturated carbocycles. The molecule has 3 unspecified atom stereocenters. The zero-order chi connectivity index (χ0) is 25.5. The topological polar surface area (TPSA) is 96.5 Å². The van der Waals surface area contributed by atoms with Crippen molar-refractivity contribution in [3.63, 3.8) is 0 Å². The molecule has 1 N–H and O–H groups in total. The predicted octanol–water partition coefficient (Wildman–Crippen LogP) is 6.49. The van der Waals surface area contributed by atoms with Gasteiger partial charge in [-0.05, 0) is 69.2 Å². The average Bonchev–Trinajstić information content (AvgIpc) is 3.59. The maximum Gasteiger partial charge on any atom is 0.337 e. The lowest BCUT2D eigenvalue weighted by atomic mass is 9.53. The maximum absolute atomic E-state index is 14.0. The van der Waals surface area contributed by atoms with Gasteiger partial charge in [0.1, 0.15) is 23.1 Å². The van der Waals surface area contributed by atoms with Crippen molar-refractivity contribution in [1.82, 2.24) is 10.1 Å². The SMILES string of the molecule is O=C(O)c1ccc(N2C3CCC2CC2(CC(c4c(-c5c(Cl)cccc5Cl)noc4C4CC4)C2=O)C3)nc1. The number of aromatic carboxylic acids is 1. The van der Waals surface area contributed by atoms with Crippen LogP contribution in [0.5, 0.6) is 0 Å². The minimum absolute atomic E-state index is 0.177. The highest BCUT2D eigenvalue weighted by molar-refractivity contribution is 6.39. The average molecular weight is 538 g/mol. The molecular weight excluding hydrogens is 513 g/mol. The number of aromatic nitrogens is 2. The van der Waals surface area contributed by atoms with Gasteiger partial charge in [-0.1, -0.05) is 34.4 Å². The van der Waals surface area contributed by atoms with Crippen LogP contribution in [0.25, 0.3) is 11.3 Å². The Morgan fingerprint density at radius 1 is 1.03 bits per heavy atom. The number of fused-ring (bicyclic) bond motifs is 2. The summed E-state index contributed by atoms with van der Waals surface area (Å²) in [5.74, 6) is 0.946. The van der Waals surface area contributed by atoms with Crippen LogP contribution >= 0.6 is 23.2 Å². The predicted molar refractivity (Wildman–Crippen MR) is 138 cm³/mol. The lowest BCUT2D eigenvalue weighted by Gasteiger charge is -2.53. The van der Waals surface area contributed by atoms with Crippen LogP contribution in [0.4, 0.5) is 5.82 Å². The number of carboxylic acids is 1. The van der Waals surface area contributed by atoms with Crippen molar-refractivity contribution in [1.29, 1.82) is 0 Å². The number of carbonyl (C=O) groups is 2. The molecule has 4 heterocycles. The number of ketones is 1. The number of nitrogens with zero attached hydrogens (tertiary/aromatic N) is 3. The van der Waals surface area contributed by atoms with Crippen molar-refractivity contribution in [2.75, 3.05) is 4.90 Å². The molecule has 4 aliphatic rings. The first-order valence-corrected chi connectivity index (χ1v) is 13.6. The third-order valence-electron chi connectivity index (χ3n) is 8.82. The number of halogens is 2. The summed E-state index contributed by atoms with van der Waals surface area (Å²) in [4.78, 5) is 32.0. The molecule has 7 rings (SSSR count). The van der Waals surface area contributed by atoms with Crippen molar-refractivity contribution in [2.24, 2.45) is 5.41 Å². The second-order valence-electron chi connectivity index (χ2n) is 11.0. The van der Waals surface area contributed by atoms with E-state index in [9.17, 15) is 14.7 Å². The summed E-state index contributed by atoms with van der Waals surface area (Å²) in [6.07, 6.45) is 7.85. The normalized spacial score (nSPS) is 28.5. The van der Waals surface area contributed by atoms with Crippen LogP contribution in [0.1, 0.15) is 78.5 Å². The fourth-order valence-corrected chi connectivity index (χ4v) is 7.58. The molecule has 4 fully saturated rings. The van der Waals surface area contributed by atoms with Gasteiger partial charge in [-0.2, -0.15) is 0 Å². The highest BCUT2D eigenvalue weighted by Gasteiger charge is 2.61. The van der Waals surface area contributed by atoms with Crippen LogP contribution in [-0.4, -0.2) is 39.1 Å². The molecule has 9 heteroatoms. The van der Waals surface area contributed by atoms with Crippen LogP contribution < -0.4 is 4.90 Å². The van der Waals surface area contributed by atoms with E-state index in [-0.39, 0.29) is 34.8 Å². The Labute approximate surface area is 223 Å². The van der Waals surface area contributed by atoms with E-state index in [1.165, 1.54) is 6.20 Å². The first-order valence-electron chi connectivity index (χ1n) is 12.8. The molecule has 7 nitrogen and oxygen atoms in total. The molecule has 1 spiro atoms. The Morgan fingerprint density at radius 3 is 2.30 bits per heavy atom. The smallest absolute Gasteiger partial charge is 0.337 e.